The van der Waals surface area contributed by atoms with Gasteiger partial charge < -0.3 is 5.32 Å². The molecule has 0 atom stereocenters. The van der Waals surface area contributed by atoms with Crippen molar-refractivity contribution >= 4 is 5.82 Å². The Morgan fingerprint density at radius 3 is 2.69 bits per heavy atom. The molecule has 6 heteroatoms. The summed E-state index contributed by atoms with van der Waals surface area (Å²) in [6, 6.07) is 1.78. The maximum atomic E-state index is 13.5. The average molecular weight is 221 g/mol. The molecule has 2 heterocycles. The van der Waals surface area contributed by atoms with Crippen LogP contribution in [0, 0.1) is 12.7 Å². The molecule has 0 unspecified atom stereocenters. The van der Waals surface area contributed by atoms with E-state index in [9.17, 15) is 4.39 Å². The number of nitrogens with one attached hydrogen (secondary N) is 1. The molecule has 0 aromatic carbocycles. The summed E-state index contributed by atoms with van der Waals surface area (Å²) in [6.45, 7) is 1.60. The van der Waals surface area contributed by atoms with Crippen LogP contribution in [0.4, 0.5) is 10.2 Å². The largest absolute Gasteiger partial charge is 0.371 e. The fourth-order valence-corrected chi connectivity index (χ4v) is 1.37. The normalized spacial score (nSPS) is 10.5. The van der Waals surface area contributed by atoms with Gasteiger partial charge in [-0.3, -0.25) is 4.68 Å². The molecule has 0 saturated heterocycles. The monoisotopic (exact) mass is 221 g/mol. The van der Waals surface area contributed by atoms with Crippen LogP contribution in [0.2, 0.25) is 0 Å². The van der Waals surface area contributed by atoms with Gasteiger partial charge in [0.2, 0.25) is 0 Å². The van der Waals surface area contributed by atoms with Crippen LogP contribution in [-0.4, -0.2) is 26.8 Å². The lowest BCUT2D eigenvalue weighted by Crippen LogP contribution is -2.04. The van der Waals surface area contributed by atoms with E-state index in [0.29, 0.717) is 17.2 Å². The Hall–Kier alpha value is -1.98. The van der Waals surface area contributed by atoms with Crippen LogP contribution in [-0.2, 0) is 7.05 Å². The van der Waals surface area contributed by atoms with Crippen molar-refractivity contribution in [2.75, 3.05) is 12.4 Å². The standard InChI is InChI=1S/C10H12FN5/c1-6-8(11)10(12-2)14-9(13-6)7-4-5-16(3)15-7/h4-5H,1-3H3,(H,12,13,14). The lowest BCUT2D eigenvalue weighted by atomic mass is 10.3. The molecule has 0 spiro atoms. The number of hydrogen-bond acceptors (Lipinski definition) is 4. The first-order valence-electron chi connectivity index (χ1n) is 4.83. The van der Waals surface area contributed by atoms with Gasteiger partial charge in [0, 0.05) is 20.3 Å². The van der Waals surface area contributed by atoms with E-state index >= 15 is 0 Å². The van der Waals surface area contributed by atoms with Crippen LogP contribution in [0.3, 0.4) is 0 Å². The molecule has 0 aliphatic rings. The molecular formula is C10H12FN5. The third-order valence-corrected chi connectivity index (χ3v) is 2.20. The third-order valence-electron chi connectivity index (χ3n) is 2.20. The topological polar surface area (TPSA) is 55.6 Å². The Labute approximate surface area is 92.3 Å². The van der Waals surface area contributed by atoms with Crippen molar-refractivity contribution in [1.82, 2.24) is 19.7 Å². The molecule has 84 valence electrons. The van der Waals surface area contributed by atoms with Gasteiger partial charge in [-0.2, -0.15) is 5.10 Å². The number of aryl methyl sites for hydroxylation is 2. The minimum atomic E-state index is -0.429. The van der Waals surface area contributed by atoms with Crippen molar-refractivity contribution in [2.45, 2.75) is 6.92 Å². The van der Waals surface area contributed by atoms with Gasteiger partial charge in [0.05, 0.1) is 5.69 Å². The van der Waals surface area contributed by atoms with E-state index in [-0.39, 0.29) is 5.82 Å². The summed E-state index contributed by atoms with van der Waals surface area (Å²) in [4.78, 5) is 8.13. The molecule has 0 aliphatic heterocycles. The zero-order valence-corrected chi connectivity index (χ0v) is 9.32. The summed E-state index contributed by atoms with van der Waals surface area (Å²) < 4.78 is 15.1. The van der Waals surface area contributed by atoms with Crippen LogP contribution >= 0.6 is 0 Å². The third kappa shape index (κ3) is 1.73. The zero-order chi connectivity index (χ0) is 11.7. The minimum absolute atomic E-state index is 0.188. The van der Waals surface area contributed by atoms with Crippen molar-refractivity contribution < 1.29 is 4.39 Å². The van der Waals surface area contributed by atoms with Gasteiger partial charge in [0.1, 0.15) is 5.69 Å². The van der Waals surface area contributed by atoms with Gasteiger partial charge in [0.15, 0.2) is 17.5 Å². The van der Waals surface area contributed by atoms with Crippen molar-refractivity contribution in [3.05, 3.63) is 23.8 Å². The highest BCUT2D eigenvalue weighted by atomic mass is 19.1. The number of halogens is 1. The Balaban J connectivity index is 2.54. The molecule has 0 aliphatic carbocycles. The highest BCUT2D eigenvalue weighted by Crippen LogP contribution is 2.18. The van der Waals surface area contributed by atoms with Gasteiger partial charge >= 0.3 is 0 Å². The van der Waals surface area contributed by atoms with Crippen LogP contribution < -0.4 is 5.32 Å². The first-order chi connectivity index (χ1) is 7.61. The smallest absolute Gasteiger partial charge is 0.186 e. The minimum Gasteiger partial charge on any atom is -0.371 e. The van der Waals surface area contributed by atoms with E-state index in [0.717, 1.165) is 0 Å². The summed E-state index contributed by atoms with van der Waals surface area (Å²) >= 11 is 0. The highest BCUT2D eigenvalue weighted by molar-refractivity contribution is 5.52. The number of anilines is 1. The van der Waals surface area contributed by atoms with Gasteiger partial charge in [-0.15, -0.1) is 0 Å². The molecule has 1 N–H and O–H groups in total. The van der Waals surface area contributed by atoms with Gasteiger partial charge in [-0.05, 0) is 13.0 Å². The van der Waals surface area contributed by atoms with Crippen molar-refractivity contribution in [3.8, 4) is 11.5 Å². The Morgan fingerprint density at radius 2 is 2.12 bits per heavy atom. The van der Waals surface area contributed by atoms with Gasteiger partial charge in [-0.25, -0.2) is 14.4 Å². The van der Waals surface area contributed by atoms with Crippen molar-refractivity contribution in [1.29, 1.82) is 0 Å². The quantitative estimate of drug-likeness (QED) is 0.832. The molecule has 0 fully saturated rings. The summed E-state index contributed by atoms with van der Waals surface area (Å²) in [5, 5.41) is 6.86. The maximum Gasteiger partial charge on any atom is 0.186 e. The van der Waals surface area contributed by atoms with Crippen molar-refractivity contribution in [2.24, 2.45) is 7.05 Å². The predicted molar refractivity (Wildman–Crippen MR) is 58.5 cm³/mol. The Kier molecular flexibility index (Phi) is 2.55. The fourth-order valence-electron chi connectivity index (χ4n) is 1.37. The van der Waals surface area contributed by atoms with Crippen LogP contribution in [0.25, 0.3) is 11.5 Å². The van der Waals surface area contributed by atoms with Crippen molar-refractivity contribution in [3.63, 3.8) is 0 Å². The second-order valence-corrected chi connectivity index (χ2v) is 3.42. The molecule has 2 rings (SSSR count). The average Bonchev–Trinajstić information content (AvgIpc) is 2.69. The van der Waals surface area contributed by atoms with Crippen LogP contribution in [0.15, 0.2) is 12.3 Å². The van der Waals surface area contributed by atoms with E-state index in [2.05, 4.69) is 20.4 Å². The molecule has 16 heavy (non-hydrogen) atoms. The Morgan fingerprint density at radius 1 is 1.38 bits per heavy atom. The second-order valence-electron chi connectivity index (χ2n) is 3.42. The zero-order valence-electron chi connectivity index (χ0n) is 9.32. The molecule has 2 aromatic rings. The fraction of sp³-hybridized carbons (Fsp3) is 0.300. The molecule has 5 nitrogen and oxygen atoms in total. The lowest BCUT2D eigenvalue weighted by Gasteiger charge is -2.05. The molecule has 0 radical (unpaired) electrons. The molecular weight excluding hydrogens is 209 g/mol. The van der Waals surface area contributed by atoms with E-state index in [1.807, 2.05) is 0 Å². The van der Waals surface area contributed by atoms with Gasteiger partial charge in [-0.1, -0.05) is 0 Å². The molecule has 0 bridgehead atoms. The SMILES string of the molecule is CNc1nc(-c2ccn(C)n2)nc(C)c1F. The number of nitrogens with zero attached hydrogens (tertiary/aromatic N) is 4. The Bertz CT molecular complexity index is 520. The molecule has 0 amide bonds. The summed E-state index contributed by atoms with van der Waals surface area (Å²) in [6.07, 6.45) is 1.79. The predicted octanol–water partition coefficient (Wildman–Crippen LogP) is 1.37. The van der Waals surface area contributed by atoms with Crippen LogP contribution in [0.1, 0.15) is 5.69 Å². The van der Waals surface area contributed by atoms with E-state index in [4.69, 9.17) is 0 Å². The number of rotatable bonds is 2. The summed E-state index contributed by atoms with van der Waals surface area (Å²) in [7, 11) is 3.42. The first kappa shape index (κ1) is 10.5. The summed E-state index contributed by atoms with van der Waals surface area (Å²) in [5.41, 5.74) is 0.933. The number of aromatic nitrogens is 4. The second kappa shape index (κ2) is 3.88. The number of hydrogen-bond donors (Lipinski definition) is 1. The van der Waals surface area contributed by atoms with E-state index < -0.39 is 5.82 Å². The molecule has 0 saturated carbocycles. The van der Waals surface area contributed by atoms with E-state index in [1.165, 1.54) is 0 Å². The lowest BCUT2D eigenvalue weighted by molar-refractivity contribution is 0.607. The van der Waals surface area contributed by atoms with E-state index in [1.54, 1.807) is 38.0 Å². The van der Waals surface area contributed by atoms with Crippen LogP contribution in [0.5, 0.6) is 0 Å². The molecule has 2 aromatic heterocycles. The summed E-state index contributed by atoms with van der Waals surface area (Å²) in [5.74, 6) is 0.180. The first-order valence-corrected chi connectivity index (χ1v) is 4.83. The maximum absolute atomic E-state index is 13.5. The van der Waals surface area contributed by atoms with Gasteiger partial charge in [0.25, 0.3) is 0 Å². The highest BCUT2D eigenvalue weighted by Gasteiger charge is 2.12.